The van der Waals surface area contributed by atoms with Crippen LogP contribution >= 0.6 is 11.5 Å². The van der Waals surface area contributed by atoms with Crippen molar-refractivity contribution in [2.45, 2.75) is 13.5 Å². The van der Waals surface area contributed by atoms with Gasteiger partial charge in [0, 0.05) is 11.4 Å². The minimum atomic E-state index is -0.165. The first kappa shape index (κ1) is 12.0. The molecule has 0 fully saturated rings. The molecule has 1 aromatic carbocycles. The Morgan fingerprint density at radius 3 is 3.00 bits per heavy atom. The van der Waals surface area contributed by atoms with Crippen LogP contribution in [0.2, 0.25) is 0 Å². The third-order valence-corrected chi connectivity index (χ3v) is 3.44. The van der Waals surface area contributed by atoms with E-state index < -0.39 is 0 Å². The van der Waals surface area contributed by atoms with Gasteiger partial charge in [0.2, 0.25) is 6.79 Å². The number of hydrogen-bond donors (Lipinski definition) is 1. The van der Waals surface area contributed by atoms with Gasteiger partial charge in [0.1, 0.15) is 5.69 Å². The fraction of sp³-hybridized carbons (Fsp3) is 0.231. The minimum Gasteiger partial charge on any atom is -0.454 e. The molecule has 0 radical (unpaired) electrons. The van der Waals surface area contributed by atoms with Crippen LogP contribution in [0.15, 0.2) is 24.3 Å². The number of amides is 1. The molecular weight excluding hydrogens is 264 g/mol. The molecule has 6 heteroatoms. The zero-order valence-corrected chi connectivity index (χ0v) is 11.1. The number of aryl methyl sites for hydroxylation is 1. The molecule has 0 saturated heterocycles. The first-order valence-corrected chi connectivity index (χ1v) is 6.60. The number of carbonyl (C=O) groups excluding carboxylic acids is 1. The van der Waals surface area contributed by atoms with E-state index >= 15 is 0 Å². The Bertz CT molecular complexity index is 624. The van der Waals surface area contributed by atoms with Gasteiger partial charge in [-0.1, -0.05) is 6.07 Å². The van der Waals surface area contributed by atoms with Crippen molar-refractivity contribution in [3.8, 4) is 11.5 Å². The molecule has 2 aromatic rings. The van der Waals surface area contributed by atoms with Crippen LogP contribution in [-0.2, 0) is 6.54 Å². The van der Waals surface area contributed by atoms with Crippen molar-refractivity contribution in [2.24, 2.45) is 0 Å². The Morgan fingerprint density at radius 1 is 1.37 bits per heavy atom. The Labute approximate surface area is 114 Å². The topological polar surface area (TPSA) is 60.5 Å². The van der Waals surface area contributed by atoms with Crippen LogP contribution in [-0.4, -0.2) is 17.1 Å². The third-order valence-electron chi connectivity index (χ3n) is 2.75. The highest BCUT2D eigenvalue weighted by molar-refractivity contribution is 7.05. The van der Waals surface area contributed by atoms with Crippen LogP contribution in [0.1, 0.15) is 20.9 Å². The van der Waals surface area contributed by atoms with E-state index in [9.17, 15) is 4.79 Å². The van der Waals surface area contributed by atoms with Crippen molar-refractivity contribution in [3.63, 3.8) is 0 Å². The van der Waals surface area contributed by atoms with E-state index in [-0.39, 0.29) is 12.7 Å². The molecule has 98 valence electrons. The fourth-order valence-corrected chi connectivity index (χ4v) is 2.34. The molecule has 0 saturated carbocycles. The number of rotatable bonds is 3. The molecule has 0 aliphatic carbocycles. The van der Waals surface area contributed by atoms with Gasteiger partial charge in [0.15, 0.2) is 11.5 Å². The number of fused-ring (bicyclic) bond motifs is 1. The second-order valence-corrected chi connectivity index (χ2v) is 5.20. The van der Waals surface area contributed by atoms with E-state index in [0.717, 1.165) is 21.9 Å². The van der Waals surface area contributed by atoms with Crippen molar-refractivity contribution in [1.82, 2.24) is 9.69 Å². The summed E-state index contributed by atoms with van der Waals surface area (Å²) >= 11 is 1.32. The summed E-state index contributed by atoms with van der Waals surface area (Å²) in [6.07, 6.45) is 0. The first-order chi connectivity index (χ1) is 9.22. The van der Waals surface area contributed by atoms with Gasteiger partial charge < -0.3 is 14.8 Å². The second-order valence-electron chi connectivity index (χ2n) is 4.19. The van der Waals surface area contributed by atoms with E-state index in [1.54, 1.807) is 6.07 Å². The summed E-state index contributed by atoms with van der Waals surface area (Å²) in [6, 6.07) is 7.39. The van der Waals surface area contributed by atoms with Crippen molar-refractivity contribution in [1.29, 1.82) is 0 Å². The molecule has 0 spiro atoms. The molecule has 5 nitrogen and oxygen atoms in total. The van der Waals surface area contributed by atoms with E-state index in [4.69, 9.17) is 9.47 Å². The lowest BCUT2D eigenvalue weighted by atomic mass is 10.2. The van der Waals surface area contributed by atoms with Crippen LogP contribution in [0.4, 0.5) is 0 Å². The molecule has 1 N–H and O–H groups in total. The number of benzene rings is 1. The molecule has 19 heavy (non-hydrogen) atoms. The standard InChI is InChI=1S/C13H12N2O3S/c1-8-4-10(15-19-8)13(16)14-6-9-2-3-11-12(5-9)18-7-17-11/h2-5H,6-7H2,1H3,(H,14,16). The van der Waals surface area contributed by atoms with Crippen LogP contribution in [0.5, 0.6) is 11.5 Å². The smallest absolute Gasteiger partial charge is 0.271 e. The zero-order valence-electron chi connectivity index (χ0n) is 10.3. The highest BCUT2D eigenvalue weighted by Crippen LogP contribution is 2.32. The monoisotopic (exact) mass is 276 g/mol. The third kappa shape index (κ3) is 2.53. The number of ether oxygens (including phenoxy) is 2. The van der Waals surface area contributed by atoms with Crippen molar-refractivity contribution in [2.75, 3.05) is 6.79 Å². The quantitative estimate of drug-likeness (QED) is 0.932. The van der Waals surface area contributed by atoms with Gasteiger partial charge in [-0.05, 0) is 42.2 Å². The largest absolute Gasteiger partial charge is 0.454 e. The van der Waals surface area contributed by atoms with E-state index in [2.05, 4.69) is 9.69 Å². The van der Waals surface area contributed by atoms with Crippen LogP contribution in [0, 0.1) is 6.92 Å². The van der Waals surface area contributed by atoms with E-state index in [1.165, 1.54) is 11.5 Å². The van der Waals surface area contributed by atoms with Crippen molar-refractivity contribution >= 4 is 17.4 Å². The summed E-state index contributed by atoms with van der Waals surface area (Å²) in [5.41, 5.74) is 1.42. The number of aromatic nitrogens is 1. The number of nitrogens with one attached hydrogen (secondary N) is 1. The molecule has 0 bridgehead atoms. The number of hydrogen-bond acceptors (Lipinski definition) is 5. The molecule has 2 heterocycles. The highest BCUT2D eigenvalue weighted by Gasteiger charge is 2.14. The predicted octanol–water partition coefficient (Wildman–Crippen LogP) is 2.11. The second kappa shape index (κ2) is 4.89. The van der Waals surface area contributed by atoms with Gasteiger partial charge in [-0.15, -0.1) is 0 Å². The fourth-order valence-electron chi connectivity index (χ4n) is 1.80. The normalized spacial score (nSPS) is 12.5. The van der Waals surface area contributed by atoms with Crippen LogP contribution in [0.3, 0.4) is 0 Å². The SMILES string of the molecule is Cc1cc(C(=O)NCc2ccc3c(c2)OCO3)ns1. The lowest BCUT2D eigenvalue weighted by Gasteiger charge is -2.04. The van der Waals surface area contributed by atoms with Gasteiger partial charge in [0.25, 0.3) is 5.91 Å². The van der Waals surface area contributed by atoms with Crippen molar-refractivity contribution in [3.05, 3.63) is 40.4 Å². The van der Waals surface area contributed by atoms with Gasteiger partial charge in [-0.25, -0.2) is 0 Å². The lowest BCUT2D eigenvalue weighted by molar-refractivity contribution is 0.0947. The molecule has 1 aliphatic heterocycles. The molecule has 1 aliphatic rings. The van der Waals surface area contributed by atoms with Crippen LogP contribution < -0.4 is 14.8 Å². The average molecular weight is 276 g/mol. The summed E-state index contributed by atoms with van der Waals surface area (Å²) in [6.45, 7) is 2.61. The summed E-state index contributed by atoms with van der Waals surface area (Å²) < 4.78 is 14.6. The lowest BCUT2D eigenvalue weighted by Crippen LogP contribution is -2.22. The predicted molar refractivity (Wildman–Crippen MR) is 70.6 cm³/mol. The maximum Gasteiger partial charge on any atom is 0.271 e. The molecule has 0 unspecified atom stereocenters. The van der Waals surface area contributed by atoms with Crippen LogP contribution in [0.25, 0.3) is 0 Å². The maximum absolute atomic E-state index is 11.8. The van der Waals surface area contributed by atoms with E-state index in [1.807, 2.05) is 25.1 Å². The number of nitrogens with zero attached hydrogens (tertiary/aromatic N) is 1. The van der Waals surface area contributed by atoms with Gasteiger partial charge in [-0.3, -0.25) is 4.79 Å². The molecule has 3 rings (SSSR count). The molecule has 1 amide bonds. The Hall–Kier alpha value is -2.08. The Morgan fingerprint density at radius 2 is 2.21 bits per heavy atom. The van der Waals surface area contributed by atoms with Gasteiger partial charge in [-0.2, -0.15) is 4.37 Å². The summed E-state index contributed by atoms with van der Waals surface area (Å²) in [7, 11) is 0. The molecular formula is C13H12N2O3S. The Balaban J connectivity index is 1.64. The summed E-state index contributed by atoms with van der Waals surface area (Å²) in [5.74, 6) is 1.29. The highest BCUT2D eigenvalue weighted by atomic mass is 32.1. The number of carbonyl (C=O) groups is 1. The molecule has 0 atom stereocenters. The average Bonchev–Trinajstić information content (AvgIpc) is 3.03. The van der Waals surface area contributed by atoms with Gasteiger partial charge in [0.05, 0.1) is 0 Å². The first-order valence-electron chi connectivity index (χ1n) is 5.82. The minimum absolute atomic E-state index is 0.165. The molecule has 1 aromatic heterocycles. The van der Waals surface area contributed by atoms with E-state index in [0.29, 0.717) is 12.2 Å². The summed E-state index contributed by atoms with van der Waals surface area (Å²) in [5, 5.41) is 2.83. The van der Waals surface area contributed by atoms with Gasteiger partial charge >= 0.3 is 0 Å². The summed E-state index contributed by atoms with van der Waals surface area (Å²) in [4.78, 5) is 12.9. The maximum atomic E-state index is 11.8. The Kier molecular flexibility index (Phi) is 3.08. The zero-order chi connectivity index (χ0) is 13.2. The van der Waals surface area contributed by atoms with Crippen molar-refractivity contribution < 1.29 is 14.3 Å².